The van der Waals surface area contributed by atoms with Gasteiger partial charge in [-0.3, -0.25) is 9.69 Å². The van der Waals surface area contributed by atoms with E-state index >= 15 is 0 Å². The Hall–Kier alpha value is -2.84. The molecule has 6 nitrogen and oxygen atoms in total. The van der Waals surface area contributed by atoms with E-state index in [0.717, 1.165) is 5.56 Å². The van der Waals surface area contributed by atoms with Crippen LogP contribution in [0.1, 0.15) is 29.8 Å². The number of thiocarbonyl (C=S) groups is 1. The first-order valence-electron chi connectivity index (χ1n) is 9.35. The van der Waals surface area contributed by atoms with Crippen LogP contribution >= 0.6 is 24.0 Å². The number of hydrogen-bond donors (Lipinski definition) is 0. The smallest absolute Gasteiger partial charge is 0.343 e. The van der Waals surface area contributed by atoms with Crippen LogP contribution in [0.15, 0.2) is 47.4 Å². The molecule has 1 aliphatic rings. The van der Waals surface area contributed by atoms with Crippen molar-refractivity contribution >= 4 is 46.3 Å². The van der Waals surface area contributed by atoms with Gasteiger partial charge in [-0.2, -0.15) is 0 Å². The summed E-state index contributed by atoms with van der Waals surface area (Å²) >= 11 is 6.51. The van der Waals surface area contributed by atoms with Gasteiger partial charge >= 0.3 is 5.97 Å². The lowest BCUT2D eigenvalue weighted by Gasteiger charge is -2.12. The number of carbonyl (C=O) groups excluding carboxylic acids is 2. The van der Waals surface area contributed by atoms with Crippen LogP contribution in [-0.4, -0.2) is 41.4 Å². The fraction of sp³-hybridized carbons (Fsp3) is 0.227. The Balaban J connectivity index is 1.85. The molecule has 0 atom stereocenters. The predicted molar refractivity (Wildman–Crippen MR) is 121 cm³/mol. The largest absolute Gasteiger partial charge is 0.497 e. The Morgan fingerprint density at radius 1 is 1.17 bits per heavy atom. The van der Waals surface area contributed by atoms with Crippen LogP contribution in [0.3, 0.4) is 0 Å². The van der Waals surface area contributed by atoms with E-state index in [1.54, 1.807) is 53.4 Å². The molecule has 2 aromatic carbocycles. The molecule has 0 aliphatic carbocycles. The number of methoxy groups -OCH3 is 1. The molecule has 1 heterocycles. The quantitative estimate of drug-likeness (QED) is 0.269. The van der Waals surface area contributed by atoms with Crippen molar-refractivity contribution in [2.75, 3.05) is 20.3 Å². The minimum absolute atomic E-state index is 0.112. The molecule has 156 valence electrons. The Labute approximate surface area is 184 Å². The Morgan fingerprint density at radius 2 is 1.97 bits per heavy atom. The van der Waals surface area contributed by atoms with Gasteiger partial charge in [0.15, 0.2) is 11.5 Å². The van der Waals surface area contributed by atoms with Crippen molar-refractivity contribution in [1.82, 2.24) is 4.90 Å². The van der Waals surface area contributed by atoms with Crippen molar-refractivity contribution in [3.63, 3.8) is 0 Å². The summed E-state index contributed by atoms with van der Waals surface area (Å²) in [5, 5.41) is 0. The number of likely N-dealkylation sites (N-methyl/N-ethyl adjacent to an activating group) is 1. The maximum absolute atomic E-state index is 12.5. The van der Waals surface area contributed by atoms with Crippen molar-refractivity contribution in [3.05, 3.63) is 58.5 Å². The van der Waals surface area contributed by atoms with Gasteiger partial charge in [-0.05, 0) is 55.8 Å². The molecule has 0 bridgehead atoms. The third kappa shape index (κ3) is 4.83. The number of ether oxygens (including phenoxy) is 3. The summed E-state index contributed by atoms with van der Waals surface area (Å²) in [6.45, 7) is 4.65. The molecule has 0 N–H and O–H groups in total. The summed E-state index contributed by atoms with van der Waals surface area (Å²) in [6, 6.07) is 11.9. The molecule has 1 saturated heterocycles. The molecule has 0 unspecified atom stereocenters. The number of nitrogens with zero attached hydrogens (tertiary/aromatic N) is 1. The highest BCUT2D eigenvalue weighted by atomic mass is 32.2. The Bertz CT molecular complexity index is 1020. The van der Waals surface area contributed by atoms with Gasteiger partial charge in [-0.1, -0.05) is 36.1 Å². The highest BCUT2D eigenvalue weighted by molar-refractivity contribution is 8.26. The first-order valence-corrected chi connectivity index (χ1v) is 10.6. The molecule has 1 amide bonds. The summed E-state index contributed by atoms with van der Waals surface area (Å²) in [5.41, 5.74) is 1.11. The molecule has 0 aromatic heterocycles. The second kappa shape index (κ2) is 9.77. The van der Waals surface area contributed by atoms with Gasteiger partial charge in [0, 0.05) is 6.54 Å². The number of thioether (sulfide) groups is 1. The van der Waals surface area contributed by atoms with Crippen molar-refractivity contribution < 1.29 is 23.8 Å². The lowest BCUT2D eigenvalue weighted by atomic mass is 10.1. The van der Waals surface area contributed by atoms with Crippen LogP contribution in [0.25, 0.3) is 6.08 Å². The van der Waals surface area contributed by atoms with Crippen LogP contribution in [0.2, 0.25) is 0 Å². The van der Waals surface area contributed by atoms with Gasteiger partial charge in [-0.25, -0.2) is 4.79 Å². The molecule has 0 saturated carbocycles. The van der Waals surface area contributed by atoms with Crippen LogP contribution in [0.4, 0.5) is 0 Å². The molecular formula is C22H21NO5S2. The normalized spacial score (nSPS) is 14.9. The summed E-state index contributed by atoms with van der Waals surface area (Å²) in [7, 11) is 1.53. The van der Waals surface area contributed by atoms with Crippen LogP contribution in [0.5, 0.6) is 17.2 Å². The predicted octanol–water partition coefficient (Wildman–Crippen LogP) is 4.53. The first-order chi connectivity index (χ1) is 14.5. The Morgan fingerprint density at radius 3 is 2.63 bits per heavy atom. The van der Waals surface area contributed by atoms with Crippen molar-refractivity contribution in [3.8, 4) is 17.2 Å². The van der Waals surface area contributed by atoms with E-state index < -0.39 is 5.97 Å². The molecule has 8 heteroatoms. The SMILES string of the molecule is CCOc1cc(C=C2SC(=S)N(CC)C2=O)ccc1OC(=O)c1cccc(OC)c1. The second-order valence-corrected chi connectivity index (χ2v) is 7.86. The van der Waals surface area contributed by atoms with Crippen molar-refractivity contribution in [2.24, 2.45) is 0 Å². The average Bonchev–Trinajstić information content (AvgIpc) is 3.02. The lowest BCUT2D eigenvalue weighted by Crippen LogP contribution is -2.27. The fourth-order valence-electron chi connectivity index (χ4n) is 2.80. The number of rotatable bonds is 7. The zero-order chi connectivity index (χ0) is 21.7. The number of benzene rings is 2. The number of amides is 1. The van der Waals surface area contributed by atoms with E-state index in [1.165, 1.54) is 18.9 Å². The van der Waals surface area contributed by atoms with E-state index in [-0.39, 0.29) is 5.91 Å². The zero-order valence-corrected chi connectivity index (χ0v) is 18.5. The van der Waals surface area contributed by atoms with Crippen molar-refractivity contribution in [1.29, 1.82) is 0 Å². The van der Waals surface area contributed by atoms with E-state index in [2.05, 4.69) is 0 Å². The third-order valence-corrected chi connectivity index (χ3v) is 5.64. The van der Waals surface area contributed by atoms with Gasteiger partial charge in [-0.15, -0.1) is 0 Å². The highest BCUT2D eigenvalue weighted by Crippen LogP contribution is 2.35. The number of carbonyl (C=O) groups is 2. The highest BCUT2D eigenvalue weighted by Gasteiger charge is 2.30. The maximum atomic E-state index is 12.5. The van der Waals surface area contributed by atoms with E-state index in [0.29, 0.717) is 45.2 Å². The van der Waals surface area contributed by atoms with Crippen LogP contribution < -0.4 is 14.2 Å². The van der Waals surface area contributed by atoms with E-state index in [4.69, 9.17) is 26.4 Å². The van der Waals surface area contributed by atoms with Crippen molar-refractivity contribution in [2.45, 2.75) is 13.8 Å². The third-order valence-electron chi connectivity index (χ3n) is 4.26. The first kappa shape index (κ1) is 21.9. The minimum atomic E-state index is -0.522. The topological polar surface area (TPSA) is 65.1 Å². The molecule has 1 aliphatic heterocycles. The molecule has 0 spiro atoms. The molecule has 1 fully saturated rings. The summed E-state index contributed by atoms with van der Waals surface area (Å²) < 4.78 is 16.9. The standard InChI is InChI=1S/C22H21NO5S2/c1-4-23-20(24)19(30-22(23)29)12-14-9-10-17(18(11-14)27-5-2)28-21(25)15-7-6-8-16(13-15)26-3/h6-13H,4-5H2,1-3H3. The molecular weight excluding hydrogens is 422 g/mol. The maximum Gasteiger partial charge on any atom is 0.343 e. The van der Waals surface area contributed by atoms with Gasteiger partial charge < -0.3 is 14.2 Å². The second-order valence-electron chi connectivity index (χ2n) is 6.19. The van der Waals surface area contributed by atoms with Gasteiger partial charge in [0.2, 0.25) is 0 Å². The molecule has 0 radical (unpaired) electrons. The number of hydrogen-bond acceptors (Lipinski definition) is 7. The van der Waals surface area contributed by atoms with Gasteiger partial charge in [0.05, 0.1) is 24.2 Å². The number of esters is 1. The van der Waals surface area contributed by atoms with Crippen LogP contribution in [-0.2, 0) is 4.79 Å². The minimum Gasteiger partial charge on any atom is -0.497 e. The zero-order valence-electron chi connectivity index (χ0n) is 16.8. The summed E-state index contributed by atoms with van der Waals surface area (Å²) in [5.74, 6) is 0.635. The summed E-state index contributed by atoms with van der Waals surface area (Å²) in [4.78, 5) is 27.1. The van der Waals surface area contributed by atoms with Gasteiger partial charge in [0.1, 0.15) is 10.1 Å². The average molecular weight is 444 g/mol. The lowest BCUT2D eigenvalue weighted by molar-refractivity contribution is -0.121. The van der Waals surface area contributed by atoms with E-state index in [1.807, 2.05) is 13.8 Å². The van der Waals surface area contributed by atoms with E-state index in [9.17, 15) is 9.59 Å². The fourth-order valence-corrected chi connectivity index (χ4v) is 4.18. The molecule has 2 aromatic rings. The molecule has 3 rings (SSSR count). The Kier molecular flexibility index (Phi) is 7.12. The molecule has 30 heavy (non-hydrogen) atoms. The monoisotopic (exact) mass is 443 g/mol. The van der Waals surface area contributed by atoms with Crippen LogP contribution in [0, 0.1) is 0 Å². The summed E-state index contributed by atoms with van der Waals surface area (Å²) in [6.07, 6.45) is 1.76. The van der Waals surface area contributed by atoms with Gasteiger partial charge in [0.25, 0.3) is 5.91 Å².